The van der Waals surface area contributed by atoms with Crippen LogP contribution in [0.25, 0.3) is 0 Å². The van der Waals surface area contributed by atoms with Crippen molar-refractivity contribution in [1.29, 1.82) is 0 Å². The molecule has 4 heteroatoms. The molecule has 0 fully saturated rings. The molecule has 1 aromatic carbocycles. The van der Waals surface area contributed by atoms with E-state index in [1.807, 2.05) is 23.7 Å². The summed E-state index contributed by atoms with van der Waals surface area (Å²) in [5, 5.41) is 8.29. The van der Waals surface area contributed by atoms with Gasteiger partial charge in [0, 0.05) is 40.6 Å². The van der Waals surface area contributed by atoms with Crippen molar-refractivity contribution in [3.63, 3.8) is 0 Å². The molecule has 0 atom stereocenters. The number of hydrogen-bond acceptors (Lipinski definition) is 3. The maximum Gasteiger partial charge on any atom is 0.0602 e. The number of para-hydroxylation sites is 1. The Bertz CT molecular complexity index is 165. The molecule has 0 aliphatic rings. The van der Waals surface area contributed by atoms with Gasteiger partial charge in [-0.25, -0.2) is 0 Å². The average molecular weight is 170 g/mol. The van der Waals surface area contributed by atoms with E-state index in [9.17, 15) is 0 Å². The van der Waals surface area contributed by atoms with E-state index in [1.165, 1.54) is 0 Å². The van der Waals surface area contributed by atoms with Crippen LogP contribution in [0.4, 0.5) is 5.69 Å². The molecule has 0 radical (unpaired) electrons. The Labute approximate surface area is 93.0 Å². The van der Waals surface area contributed by atoms with Crippen molar-refractivity contribution in [2.45, 2.75) is 0 Å². The Morgan fingerprint density at radius 1 is 1.20 bits per heavy atom. The average Bonchev–Trinajstić information content (AvgIpc) is 1.90. The first-order valence-electron chi connectivity index (χ1n) is 2.38. The minimum absolute atomic E-state index is 0. The minimum Gasteiger partial charge on any atom is -0.344 e. The summed E-state index contributed by atoms with van der Waals surface area (Å²) in [7, 11) is 0. The van der Waals surface area contributed by atoms with Gasteiger partial charge in [-0.05, 0) is 12.1 Å². The molecular formula is C6H14ArN2O. The third-order valence-corrected chi connectivity index (χ3v) is 0.903. The summed E-state index contributed by atoms with van der Waals surface area (Å²) in [6, 6.07) is 9.14. The quantitative estimate of drug-likeness (QED) is 0.565. The van der Waals surface area contributed by atoms with Crippen molar-refractivity contribution < 1.29 is 45.8 Å². The van der Waals surface area contributed by atoms with Crippen molar-refractivity contribution >= 4 is 5.69 Å². The van der Waals surface area contributed by atoms with Crippen molar-refractivity contribution in [3.8, 4) is 0 Å². The van der Waals surface area contributed by atoms with E-state index in [0.29, 0.717) is 5.69 Å². The van der Waals surface area contributed by atoms with Crippen molar-refractivity contribution in [2.24, 2.45) is 0 Å². The summed E-state index contributed by atoms with van der Waals surface area (Å²) in [6.07, 6.45) is 0. The molecule has 0 aromatic heterocycles. The van der Waals surface area contributed by atoms with Crippen LogP contribution in [0, 0.1) is 37.7 Å². The molecule has 1 rings (SSSR count). The fourth-order valence-electron chi connectivity index (χ4n) is 0.513. The second-order valence-electron chi connectivity index (χ2n) is 1.48. The van der Waals surface area contributed by atoms with E-state index < -0.39 is 0 Å². The molecule has 0 saturated heterocycles. The first-order valence-corrected chi connectivity index (χ1v) is 2.38. The van der Waals surface area contributed by atoms with E-state index >= 15 is 0 Å². The summed E-state index contributed by atoms with van der Waals surface area (Å²) in [5.74, 6) is 0. The summed E-state index contributed by atoms with van der Waals surface area (Å²) in [6.45, 7) is 0. The van der Waals surface area contributed by atoms with Gasteiger partial charge in [-0.15, -0.1) is 0 Å². The van der Waals surface area contributed by atoms with E-state index in [-0.39, 0.29) is 46.7 Å². The van der Waals surface area contributed by atoms with Gasteiger partial charge in [-0.2, -0.15) is 0 Å². The fraction of sp³-hybridized carbons (Fsp3) is 0. The Balaban J connectivity index is -0.0000000800. The molecule has 62 valence electrons. The minimum atomic E-state index is 0. The van der Waals surface area contributed by atoms with Crippen LogP contribution in [0.1, 0.15) is 2.85 Å². The molecule has 0 saturated carbocycles. The summed E-state index contributed by atoms with van der Waals surface area (Å²) in [5.41, 5.74) is 2.74. The third kappa shape index (κ3) is 4.09. The smallest absolute Gasteiger partial charge is 0.0602 e. The van der Waals surface area contributed by atoms with Crippen LogP contribution in [-0.2, 0) is 0 Å². The van der Waals surface area contributed by atoms with Gasteiger partial charge in [0.2, 0.25) is 0 Å². The predicted octanol–water partition coefficient (Wildman–Crippen LogP) is 2.14. The van der Waals surface area contributed by atoms with Crippen molar-refractivity contribution in [3.05, 3.63) is 30.3 Å². The normalized spacial score (nSPS) is 6.90. The Kier molecular flexibility index (Phi) is 9.38. The predicted molar refractivity (Wildman–Crippen MR) is 41.1 cm³/mol. The van der Waals surface area contributed by atoms with Gasteiger partial charge in [0.25, 0.3) is 0 Å². The van der Waals surface area contributed by atoms with Crippen molar-refractivity contribution in [2.75, 3.05) is 5.48 Å². The molecular weight excluding hydrogens is 156 g/mol. The van der Waals surface area contributed by atoms with Gasteiger partial charge in [-0.1, -0.05) is 18.2 Å². The van der Waals surface area contributed by atoms with Crippen LogP contribution < -0.4 is 11.6 Å². The first-order chi connectivity index (χ1) is 3.93. The third-order valence-electron chi connectivity index (χ3n) is 0.903. The molecule has 1 aromatic rings. The number of anilines is 1. The van der Waals surface area contributed by atoms with Gasteiger partial charge in [0.05, 0.1) is 5.69 Å². The van der Waals surface area contributed by atoms with Gasteiger partial charge in [0.1, 0.15) is 0 Å². The van der Waals surface area contributed by atoms with Gasteiger partial charge >= 0.3 is 0 Å². The summed E-state index contributed by atoms with van der Waals surface area (Å²) >= 11 is 0. The van der Waals surface area contributed by atoms with E-state index in [2.05, 4.69) is 0 Å². The second-order valence-corrected chi connectivity index (χ2v) is 1.48. The molecule has 0 heterocycles. The maximum absolute atomic E-state index is 8.29. The van der Waals surface area contributed by atoms with Crippen LogP contribution in [0.2, 0.25) is 0 Å². The first kappa shape index (κ1) is 12.8. The molecule has 0 amide bonds. The maximum atomic E-state index is 8.29. The molecule has 5 N–H and O–H groups in total. The SMILES string of the molecule is N.ONc1ccccc1.[Ar].[HH].[HH]. The number of nitrogens with one attached hydrogen (secondary N) is 1. The largest absolute Gasteiger partial charge is 0.344 e. The number of hydrogen-bond donors (Lipinski definition) is 3. The van der Waals surface area contributed by atoms with Crippen molar-refractivity contribution in [1.82, 2.24) is 6.15 Å². The van der Waals surface area contributed by atoms with Crippen LogP contribution >= 0.6 is 0 Å². The van der Waals surface area contributed by atoms with Crippen LogP contribution in [0.3, 0.4) is 0 Å². The molecule has 0 bridgehead atoms. The molecule has 0 aliphatic carbocycles. The fourth-order valence-corrected chi connectivity index (χ4v) is 0.513. The second kappa shape index (κ2) is 7.31. The molecule has 10 heavy (non-hydrogen) atoms. The van der Waals surface area contributed by atoms with Gasteiger partial charge < -0.3 is 6.15 Å². The molecule has 0 spiro atoms. The van der Waals surface area contributed by atoms with Gasteiger partial charge in [0.15, 0.2) is 0 Å². The number of rotatable bonds is 1. The van der Waals surface area contributed by atoms with Crippen LogP contribution in [-0.4, -0.2) is 5.21 Å². The van der Waals surface area contributed by atoms with Crippen LogP contribution in [0.5, 0.6) is 0 Å². The summed E-state index contributed by atoms with van der Waals surface area (Å²) in [4.78, 5) is 0. The Morgan fingerprint density at radius 3 is 2.00 bits per heavy atom. The zero-order chi connectivity index (χ0) is 5.82. The summed E-state index contributed by atoms with van der Waals surface area (Å²) < 4.78 is 0. The topological polar surface area (TPSA) is 67.3 Å². The van der Waals surface area contributed by atoms with Crippen LogP contribution in [0.15, 0.2) is 30.3 Å². The zero-order valence-corrected chi connectivity index (χ0v) is 6.10. The number of benzene rings is 1. The standard InChI is InChI=1S/C6H7NO.Ar.H3N.2H2/c8-7-6-4-2-1-3-5-6;;;;/h1-5,7-8H;;1H3;2*1H. The molecule has 0 aliphatic heterocycles. The van der Waals surface area contributed by atoms with E-state index in [4.69, 9.17) is 5.21 Å². The van der Waals surface area contributed by atoms with E-state index in [1.54, 1.807) is 12.1 Å². The monoisotopic (exact) mass is 170 g/mol. The van der Waals surface area contributed by atoms with E-state index in [0.717, 1.165) is 0 Å². The zero-order valence-electron chi connectivity index (χ0n) is 5.39. The Hall–Kier alpha value is 0.200. The molecule has 3 nitrogen and oxygen atoms in total. The van der Waals surface area contributed by atoms with Gasteiger partial charge in [-0.3, -0.25) is 10.7 Å². The molecule has 0 unspecified atom stereocenters. The Morgan fingerprint density at radius 2 is 1.70 bits per heavy atom.